The molecular formula is C18H21ClN2O. The van der Waals surface area contributed by atoms with Crippen molar-refractivity contribution in [2.24, 2.45) is 0 Å². The van der Waals surface area contributed by atoms with Crippen molar-refractivity contribution in [1.29, 1.82) is 0 Å². The fraction of sp³-hybridized carbons (Fsp3) is 0.278. The maximum Gasteiger partial charge on any atom is 0.238 e. The minimum absolute atomic E-state index is 0.0181. The van der Waals surface area contributed by atoms with E-state index in [1.807, 2.05) is 60.5 Å². The largest absolute Gasteiger partial charge is 0.325 e. The van der Waals surface area contributed by atoms with Crippen LogP contribution in [-0.2, 0) is 17.8 Å². The van der Waals surface area contributed by atoms with Crippen molar-refractivity contribution in [3.63, 3.8) is 0 Å². The van der Waals surface area contributed by atoms with Crippen molar-refractivity contribution in [2.45, 2.75) is 19.9 Å². The SMILES string of the molecule is CCc1ccccc1NC(=O)CN(C)Cc1ccccc1Cl. The van der Waals surface area contributed by atoms with Gasteiger partial charge in [-0.2, -0.15) is 0 Å². The number of halogens is 1. The van der Waals surface area contributed by atoms with Crippen molar-refractivity contribution in [3.05, 3.63) is 64.7 Å². The first-order valence-corrected chi connectivity index (χ1v) is 7.77. The molecule has 2 aromatic rings. The molecule has 1 N–H and O–H groups in total. The number of aryl methyl sites for hydroxylation is 1. The highest BCUT2D eigenvalue weighted by molar-refractivity contribution is 6.31. The number of benzene rings is 2. The Bertz CT molecular complexity index is 642. The lowest BCUT2D eigenvalue weighted by atomic mass is 10.1. The first kappa shape index (κ1) is 16.5. The van der Waals surface area contributed by atoms with Gasteiger partial charge in [0.2, 0.25) is 5.91 Å². The third-order valence-electron chi connectivity index (χ3n) is 3.48. The van der Waals surface area contributed by atoms with Crippen molar-refractivity contribution in [2.75, 3.05) is 18.9 Å². The monoisotopic (exact) mass is 316 g/mol. The summed E-state index contributed by atoms with van der Waals surface area (Å²) in [7, 11) is 1.91. The van der Waals surface area contributed by atoms with E-state index in [4.69, 9.17) is 11.6 Å². The quantitative estimate of drug-likeness (QED) is 0.874. The zero-order valence-corrected chi connectivity index (χ0v) is 13.7. The number of nitrogens with zero attached hydrogens (tertiary/aromatic N) is 1. The summed E-state index contributed by atoms with van der Waals surface area (Å²) in [4.78, 5) is 14.1. The molecule has 0 spiro atoms. The van der Waals surface area contributed by atoms with E-state index in [0.717, 1.165) is 28.3 Å². The molecule has 0 saturated carbocycles. The first-order valence-electron chi connectivity index (χ1n) is 7.40. The summed E-state index contributed by atoms with van der Waals surface area (Å²) >= 11 is 6.15. The topological polar surface area (TPSA) is 32.3 Å². The molecule has 2 aromatic carbocycles. The summed E-state index contributed by atoms with van der Waals surface area (Å²) in [6.45, 7) is 3.04. The van der Waals surface area contributed by atoms with Gasteiger partial charge in [0.05, 0.1) is 6.54 Å². The van der Waals surface area contributed by atoms with Crippen molar-refractivity contribution in [1.82, 2.24) is 4.90 Å². The number of carbonyl (C=O) groups excluding carboxylic acids is 1. The third kappa shape index (κ3) is 4.58. The summed E-state index contributed by atoms with van der Waals surface area (Å²) in [5, 5.41) is 3.71. The van der Waals surface area contributed by atoms with Crippen LogP contribution in [0.15, 0.2) is 48.5 Å². The van der Waals surface area contributed by atoms with E-state index in [9.17, 15) is 4.79 Å². The number of carbonyl (C=O) groups is 1. The number of hydrogen-bond donors (Lipinski definition) is 1. The summed E-state index contributed by atoms with van der Waals surface area (Å²) in [5.41, 5.74) is 3.05. The average Bonchev–Trinajstić information content (AvgIpc) is 2.50. The van der Waals surface area contributed by atoms with Crippen LogP contribution in [-0.4, -0.2) is 24.4 Å². The molecule has 0 radical (unpaired) electrons. The highest BCUT2D eigenvalue weighted by atomic mass is 35.5. The van der Waals surface area contributed by atoms with E-state index >= 15 is 0 Å². The Morgan fingerprint density at radius 3 is 2.41 bits per heavy atom. The molecule has 3 nitrogen and oxygen atoms in total. The van der Waals surface area contributed by atoms with Crippen molar-refractivity contribution < 1.29 is 4.79 Å². The van der Waals surface area contributed by atoms with Crippen LogP contribution in [0.2, 0.25) is 5.02 Å². The van der Waals surface area contributed by atoms with Crippen LogP contribution >= 0.6 is 11.6 Å². The molecule has 2 rings (SSSR count). The minimum Gasteiger partial charge on any atom is -0.325 e. The van der Waals surface area contributed by atoms with Crippen LogP contribution in [0.25, 0.3) is 0 Å². The number of anilines is 1. The molecule has 0 unspecified atom stereocenters. The molecule has 1 amide bonds. The Morgan fingerprint density at radius 1 is 1.09 bits per heavy atom. The van der Waals surface area contributed by atoms with E-state index in [-0.39, 0.29) is 5.91 Å². The van der Waals surface area contributed by atoms with Crippen LogP contribution in [0.4, 0.5) is 5.69 Å². The Morgan fingerprint density at radius 2 is 1.73 bits per heavy atom. The van der Waals surface area contributed by atoms with E-state index in [2.05, 4.69) is 12.2 Å². The van der Waals surface area contributed by atoms with Crippen LogP contribution in [0.5, 0.6) is 0 Å². The zero-order valence-electron chi connectivity index (χ0n) is 13.0. The molecule has 0 atom stereocenters. The van der Waals surface area contributed by atoms with Gasteiger partial charge in [-0.15, -0.1) is 0 Å². The fourth-order valence-corrected chi connectivity index (χ4v) is 2.55. The second-order valence-corrected chi connectivity index (χ2v) is 5.73. The van der Waals surface area contributed by atoms with Crippen LogP contribution in [0, 0.1) is 0 Å². The third-order valence-corrected chi connectivity index (χ3v) is 3.85. The predicted molar refractivity (Wildman–Crippen MR) is 92.2 cm³/mol. The van der Waals surface area contributed by atoms with Gasteiger partial charge in [-0.05, 0) is 36.7 Å². The highest BCUT2D eigenvalue weighted by Gasteiger charge is 2.10. The number of amides is 1. The highest BCUT2D eigenvalue weighted by Crippen LogP contribution is 2.17. The Labute approximate surface area is 136 Å². The lowest BCUT2D eigenvalue weighted by Crippen LogP contribution is -2.30. The molecule has 0 aromatic heterocycles. The standard InChI is InChI=1S/C18H21ClN2O/c1-3-14-8-5-7-11-17(14)20-18(22)13-21(2)12-15-9-4-6-10-16(15)19/h4-11H,3,12-13H2,1-2H3,(H,20,22). The van der Waals surface area contributed by atoms with Crippen LogP contribution in [0.3, 0.4) is 0 Å². The van der Waals surface area contributed by atoms with Gasteiger partial charge in [0, 0.05) is 17.3 Å². The van der Waals surface area contributed by atoms with E-state index in [1.54, 1.807) is 0 Å². The molecule has 0 heterocycles. The number of nitrogens with one attached hydrogen (secondary N) is 1. The van der Waals surface area contributed by atoms with Gasteiger partial charge in [0.25, 0.3) is 0 Å². The molecule has 0 bridgehead atoms. The summed E-state index contributed by atoms with van der Waals surface area (Å²) in [6.07, 6.45) is 0.895. The van der Waals surface area contributed by atoms with E-state index in [0.29, 0.717) is 13.1 Å². The number of likely N-dealkylation sites (N-methyl/N-ethyl adjacent to an activating group) is 1. The van der Waals surface area contributed by atoms with Gasteiger partial charge >= 0.3 is 0 Å². The Kier molecular flexibility index (Phi) is 5.99. The maximum atomic E-state index is 12.2. The summed E-state index contributed by atoms with van der Waals surface area (Å²) < 4.78 is 0. The molecule has 0 fully saturated rings. The molecule has 0 aliphatic heterocycles. The normalized spacial score (nSPS) is 10.7. The zero-order chi connectivity index (χ0) is 15.9. The molecule has 116 valence electrons. The number of rotatable bonds is 6. The second kappa shape index (κ2) is 7.97. The first-order chi connectivity index (χ1) is 10.6. The van der Waals surface area contributed by atoms with Crippen LogP contribution in [0.1, 0.15) is 18.1 Å². The predicted octanol–water partition coefficient (Wildman–Crippen LogP) is 3.97. The smallest absolute Gasteiger partial charge is 0.238 e. The fourth-order valence-electron chi connectivity index (χ4n) is 2.36. The molecule has 4 heteroatoms. The van der Waals surface area contributed by atoms with Crippen molar-refractivity contribution in [3.8, 4) is 0 Å². The minimum atomic E-state index is -0.0181. The second-order valence-electron chi connectivity index (χ2n) is 5.32. The lowest BCUT2D eigenvalue weighted by Gasteiger charge is -2.18. The van der Waals surface area contributed by atoms with Gasteiger partial charge in [0.15, 0.2) is 0 Å². The Hall–Kier alpha value is -1.84. The van der Waals surface area contributed by atoms with E-state index in [1.165, 1.54) is 0 Å². The lowest BCUT2D eigenvalue weighted by molar-refractivity contribution is -0.117. The summed E-state index contributed by atoms with van der Waals surface area (Å²) in [6, 6.07) is 15.6. The molecule has 0 saturated heterocycles. The van der Waals surface area contributed by atoms with Crippen molar-refractivity contribution >= 4 is 23.2 Å². The molecule has 0 aliphatic rings. The number of para-hydroxylation sites is 1. The summed E-state index contributed by atoms with van der Waals surface area (Å²) in [5.74, 6) is -0.0181. The van der Waals surface area contributed by atoms with Crippen LogP contribution < -0.4 is 5.32 Å². The van der Waals surface area contributed by atoms with Gasteiger partial charge in [0.1, 0.15) is 0 Å². The average molecular weight is 317 g/mol. The van der Waals surface area contributed by atoms with Gasteiger partial charge in [-0.3, -0.25) is 9.69 Å². The number of hydrogen-bond acceptors (Lipinski definition) is 2. The maximum absolute atomic E-state index is 12.2. The Balaban J connectivity index is 1.93. The van der Waals surface area contributed by atoms with E-state index < -0.39 is 0 Å². The molecule has 22 heavy (non-hydrogen) atoms. The van der Waals surface area contributed by atoms with Gasteiger partial charge in [-0.25, -0.2) is 0 Å². The molecular weight excluding hydrogens is 296 g/mol. The molecule has 0 aliphatic carbocycles. The van der Waals surface area contributed by atoms with Gasteiger partial charge in [-0.1, -0.05) is 54.9 Å². The van der Waals surface area contributed by atoms with Gasteiger partial charge < -0.3 is 5.32 Å².